The maximum absolute atomic E-state index is 12.5. The Labute approximate surface area is 182 Å². The second-order valence-electron chi connectivity index (χ2n) is 7.89. The molecule has 0 saturated heterocycles. The molecule has 0 spiro atoms. The average molecular weight is 448 g/mol. The molecule has 0 saturated carbocycles. The number of carbonyl (C=O) groups excluding carboxylic acids is 3. The highest BCUT2D eigenvalue weighted by Gasteiger charge is 2.32. The molecule has 12 heteroatoms. The van der Waals surface area contributed by atoms with Crippen LogP contribution in [-0.2, 0) is 19.2 Å². The van der Waals surface area contributed by atoms with Gasteiger partial charge in [-0.1, -0.05) is 13.8 Å². The fourth-order valence-corrected chi connectivity index (χ4v) is 2.76. The number of carbonyl (C=O) groups is 4. The van der Waals surface area contributed by atoms with Crippen molar-refractivity contribution < 1.29 is 34.5 Å². The molecule has 5 unspecified atom stereocenters. The number of rotatable bonds is 15. The average Bonchev–Trinajstić information content (AvgIpc) is 2.67. The zero-order valence-corrected chi connectivity index (χ0v) is 18.3. The molecular weight excluding hydrogens is 410 g/mol. The van der Waals surface area contributed by atoms with E-state index in [1.54, 1.807) is 0 Å². The number of carboxylic acids is 1. The summed E-state index contributed by atoms with van der Waals surface area (Å²) in [4.78, 5) is 48.4. The van der Waals surface area contributed by atoms with Crippen LogP contribution in [0.15, 0.2) is 0 Å². The van der Waals surface area contributed by atoms with Crippen LogP contribution in [0, 0.1) is 5.92 Å². The highest BCUT2D eigenvalue weighted by molar-refractivity contribution is 5.94. The van der Waals surface area contributed by atoms with Crippen LogP contribution < -0.4 is 27.4 Å². The lowest BCUT2D eigenvalue weighted by molar-refractivity contribution is -0.143. The van der Waals surface area contributed by atoms with Gasteiger partial charge in [-0.05, 0) is 45.1 Å². The molecule has 0 aliphatic heterocycles. The fraction of sp³-hybridized carbons (Fsp3) is 0.789. The Hall–Kier alpha value is -2.28. The van der Waals surface area contributed by atoms with E-state index in [0.29, 0.717) is 25.8 Å². The number of aliphatic carboxylic acids is 1. The third kappa shape index (κ3) is 11.1. The molecule has 0 aromatic carbocycles. The molecule has 0 rings (SSSR count). The zero-order valence-electron chi connectivity index (χ0n) is 18.3. The monoisotopic (exact) mass is 447 g/mol. The van der Waals surface area contributed by atoms with Crippen LogP contribution in [0.3, 0.4) is 0 Å². The van der Waals surface area contributed by atoms with Gasteiger partial charge in [0.2, 0.25) is 17.7 Å². The van der Waals surface area contributed by atoms with Crippen molar-refractivity contribution in [2.24, 2.45) is 17.4 Å². The maximum atomic E-state index is 12.5. The maximum Gasteiger partial charge on any atom is 0.326 e. The molecule has 180 valence electrons. The lowest BCUT2D eigenvalue weighted by Gasteiger charge is -2.26. The molecule has 0 aliphatic carbocycles. The Kier molecular flexibility index (Phi) is 13.6. The summed E-state index contributed by atoms with van der Waals surface area (Å²) in [6, 6.07) is -5.01. The van der Waals surface area contributed by atoms with E-state index in [1.165, 1.54) is 6.92 Å². The second-order valence-corrected chi connectivity index (χ2v) is 7.89. The molecule has 0 aromatic rings. The molecule has 31 heavy (non-hydrogen) atoms. The largest absolute Gasteiger partial charge is 0.480 e. The summed E-state index contributed by atoms with van der Waals surface area (Å²) in [5.74, 6) is -3.61. The highest BCUT2D eigenvalue weighted by Crippen LogP contribution is 2.05. The van der Waals surface area contributed by atoms with Gasteiger partial charge in [0, 0.05) is 0 Å². The summed E-state index contributed by atoms with van der Waals surface area (Å²) >= 11 is 0. The van der Waals surface area contributed by atoms with Gasteiger partial charge >= 0.3 is 5.97 Å². The molecule has 5 atom stereocenters. The van der Waals surface area contributed by atoms with Crippen molar-refractivity contribution in [1.29, 1.82) is 0 Å². The number of hydrogen-bond donors (Lipinski definition) is 8. The minimum atomic E-state index is -1.50. The normalized spacial score (nSPS) is 16.0. The molecule has 0 aliphatic rings. The third-order valence-electron chi connectivity index (χ3n) is 4.50. The summed E-state index contributed by atoms with van der Waals surface area (Å²) in [7, 11) is 0. The van der Waals surface area contributed by atoms with E-state index in [2.05, 4.69) is 16.0 Å². The summed E-state index contributed by atoms with van der Waals surface area (Å²) in [6.07, 6.45) is 0.162. The van der Waals surface area contributed by atoms with Crippen molar-refractivity contribution in [3.05, 3.63) is 0 Å². The molecular formula is C19H37N5O7. The molecule has 12 nitrogen and oxygen atoms in total. The quantitative estimate of drug-likeness (QED) is 0.123. The lowest BCUT2D eigenvalue weighted by atomic mass is 10.0. The van der Waals surface area contributed by atoms with Gasteiger partial charge in [0.25, 0.3) is 0 Å². The molecule has 0 radical (unpaired) electrons. The van der Waals surface area contributed by atoms with Crippen molar-refractivity contribution in [1.82, 2.24) is 16.0 Å². The minimum Gasteiger partial charge on any atom is -0.480 e. The van der Waals surface area contributed by atoms with Crippen LogP contribution in [0.2, 0.25) is 0 Å². The Morgan fingerprint density at radius 2 is 1.48 bits per heavy atom. The van der Waals surface area contributed by atoms with Crippen molar-refractivity contribution in [3.63, 3.8) is 0 Å². The van der Waals surface area contributed by atoms with Crippen LogP contribution in [0.4, 0.5) is 0 Å². The summed E-state index contributed by atoms with van der Waals surface area (Å²) in [5, 5.41) is 35.5. The van der Waals surface area contributed by atoms with Crippen LogP contribution in [0.25, 0.3) is 0 Å². The first-order valence-electron chi connectivity index (χ1n) is 10.3. The Balaban J connectivity index is 5.11. The van der Waals surface area contributed by atoms with E-state index < -0.39 is 60.6 Å². The number of hydrogen-bond acceptors (Lipinski definition) is 8. The number of unbranched alkanes of at least 4 members (excludes halogenated alkanes) is 1. The zero-order chi connectivity index (χ0) is 24.1. The van der Waals surface area contributed by atoms with Gasteiger partial charge in [0.05, 0.1) is 18.8 Å². The molecule has 0 aromatic heterocycles. The van der Waals surface area contributed by atoms with Crippen LogP contribution in [0.1, 0.15) is 46.5 Å². The molecule has 0 heterocycles. The molecule has 0 bridgehead atoms. The van der Waals surface area contributed by atoms with Crippen molar-refractivity contribution in [2.75, 3.05) is 13.2 Å². The smallest absolute Gasteiger partial charge is 0.326 e. The van der Waals surface area contributed by atoms with E-state index in [4.69, 9.17) is 11.5 Å². The second kappa shape index (κ2) is 14.7. The van der Waals surface area contributed by atoms with E-state index in [-0.39, 0.29) is 12.3 Å². The lowest BCUT2D eigenvalue weighted by Crippen LogP contribution is -2.60. The van der Waals surface area contributed by atoms with Gasteiger partial charge in [-0.2, -0.15) is 0 Å². The molecule has 3 amide bonds. The molecule has 0 fully saturated rings. The first kappa shape index (κ1) is 28.7. The van der Waals surface area contributed by atoms with Crippen molar-refractivity contribution >= 4 is 23.7 Å². The number of nitrogens with two attached hydrogens (primary N) is 2. The van der Waals surface area contributed by atoms with Gasteiger partial charge in [0.1, 0.15) is 18.1 Å². The number of nitrogens with one attached hydrogen (secondary N) is 3. The van der Waals surface area contributed by atoms with Gasteiger partial charge in [-0.3, -0.25) is 14.4 Å². The van der Waals surface area contributed by atoms with Gasteiger partial charge < -0.3 is 42.7 Å². The first-order chi connectivity index (χ1) is 14.4. The predicted molar refractivity (Wildman–Crippen MR) is 113 cm³/mol. The van der Waals surface area contributed by atoms with Crippen molar-refractivity contribution in [2.45, 2.75) is 76.7 Å². The summed E-state index contributed by atoms with van der Waals surface area (Å²) < 4.78 is 0. The van der Waals surface area contributed by atoms with E-state index in [0.717, 1.165) is 0 Å². The van der Waals surface area contributed by atoms with Crippen LogP contribution in [0.5, 0.6) is 0 Å². The SMILES string of the molecule is CC(C)CC(N)C(=O)NC(CO)C(=O)NC(C(=O)NC(CCCCN)C(=O)O)C(C)O. The summed E-state index contributed by atoms with van der Waals surface area (Å²) in [6.45, 7) is 4.59. The number of carboxylic acid groups (broad SMARTS) is 1. The minimum absolute atomic E-state index is 0.127. The Morgan fingerprint density at radius 1 is 0.903 bits per heavy atom. The van der Waals surface area contributed by atoms with Gasteiger partial charge in [-0.25, -0.2) is 4.79 Å². The number of aliphatic hydroxyl groups is 2. The van der Waals surface area contributed by atoms with Gasteiger partial charge in [0.15, 0.2) is 0 Å². The Bertz CT molecular complexity index is 600. The topological polar surface area (TPSA) is 217 Å². The van der Waals surface area contributed by atoms with Gasteiger partial charge in [-0.15, -0.1) is 0 Å². The standard InChI is InChI=1S/C19H37N5O7/c1-10(2)8-12(21)16(27)23-14(9-25)17(28)24-15(11(3)26)18(29)22-13(19(30)31)6-4-5-7-20/h10-15,25-26H,4-9,20-21H2,1-3H3,(H,22,29)(H,23,27)(H,24,28)(H,30,31). The number of amides is 3. The first-order valence-corrected chi connectivity index (χ1v) is 10.3. The third-order valence-corrected chi connectivity index (χ3v) is 4.50. The number of aliphatic hydroxyl groups excluding tert-OH is 2. The predicted octanol–water partition coefficient (Wildman–Crippen LogP) is -2.60. The van der Waals surface area contributed by atoms with E-state index in [1.807, 2.05) is 13.8 Å². The van der Waals surface area contributed by atoms with Crippen LogP contribution in [-0.4, -0.2) is 82.4 Å². The van der Waals surface area contributed by atoms with Crippen molar-refractivity contribution in [3.8, 4) is 0 Å². The Morgan fingerprint density at radius 3 is 1.94 bits per heavy atom. The van der Waals surface area contributed by atoms with E-state index >= 15 is 0 Å². The summed E-state index contributed by atoms with van der Waals surface area (Å²) in [5.41, 5.74) is 11.1. The fourth-order valence-electron chi connectivity index (χ4n) is 2.76. The van der Waals surface area contributed by atoms with Crippen LogP contribution >= 0.6 is 0 Å². The van der Waals surface area contributed by atoms with E-state index in [9.17, 15) is 34.5 Å². The molecule has 10 N–H and O–H groups in total. The highest BCUT2D eigenvalue weighted by atomic mass is 16.4.